The molecule has 368 valence electrons. The van der Waals surface area contributed by atoms with Crippen molar-refractivity contribution >= 4 is 25.7 Å². The van der Waals surface area contributed by atoms with Crippen molar-refractivity contribution in [3.05, 3.63) is 72.9 Å². The van der Waals surface area contributed by atoms with Gasteiger partial charge in [-0.25, -0.2) is 4.57 Å². The van der Waals surface area contributed by atoms with Gasteiger partial charge in [-0.3, -0.25) is 23.4 Å². The van der Waals surface area contributed by atoms with Crippen molar-refractivity contribution in [1.29, 1.82) is 0 Å². The molecule has 0 heterocycles. The van der Waals surface area contributed by atoms with E-state index in [1.807, 2.05) is 0 Å². The van der Waals surface area contributed by atoms with Gasteiger partial charge in [-0.05, 0) is 96.3 Å². The molecular formula is C52H89O11P. The van der Waals surface area contributed by atoms with Crippen LogP contribution in [0.4, 0.5) is 0 Å². The van der Waals surface area contributed by atoms with Gasteiger partial charge < -0.3 is 24.2 Å². The molecule has 0 bridgehead atoms. The average molecular weight is 921 g/mol. The van der Waals surface area contributed by atoms with Gasteiger partial charge in [0.25, 0.3) is 0 Å². The Morgan fingerprint density at radius 2 is 0.844 bits per heavy atom. The Morgan fingerprint density at radius 1 is 0.453 bits per heavy atom. The fraction of sp³-hybridized carbons (Fsp3) is 0.712. The van der Waals surface area contributed by atoms with E-state index in [9.17, 15) is 28.9 Å². The lowest BCUT2D eigenvalue weighted by Gasteiger charge is -2.21. The van der Waals surface area contributed by atoms with E-state index in [1.165, 1.54) is 12.8 Å². The lowest BCUT2D eigenvalue weighted by atomic mass is 10.1. The molecule has 0 saturated heterocycles. The fourth-order valence-electron chi connectivity index (χ4n) is 6.27. The van der Waals surface area contributed by atoms with E-state index in [1.54, 1.807) is 0 Å². The third kappa shape index (κ3) is 44.1. The van der Waals surface area contributed by atoms with E-state index < -0.39 is 57.8 Å². The molecule has 0 aliphatic carbocycles. The molecule has 3 unspecified atom stereocenters. The van der Waals surface area contributed by atoms with Crippen LogP contribution >= 0.6 is 7.82 Å². The summed E-state index contributed by atoms with van der Waals surface area (Å²) in [6.45, 7) is 4.33. The van der Waals surface area contributed by atoms with Crippen LogP contribution in [-0.2, 0) is 42.2 Å². The van der Waals surface area contributed by atoms with Gasteiger partial charge in [-0.15, -0.1) is 0 Å². The van der Waals surface area contributed by atoms with Crippen molar-refractivity contribution in [2.24, 2.45) is 0 Å². The number of unbranched alkanes of at least 4 members (excludes halogenated alkanes) is 16. The maximum Gasteiger partial charge on any atom is 0.472 e. The molecule has 0 aliphatic rings. The number of hydrogen-bond donors (Lipinski definition) is 2. The number of carbonyl (C=O) groups excluding carboxylic acids is 3. The van der Waals surface area contributed by atoms with Crippen LogP contribution in [0, 0.1) is 0 Å². The molecule has 2 N–H and O–H groups in total. The van der Waals surface area contributed by atoms with Crippen molar-refractivity contribution in [2.45, 2.75) is 213 Å². The van der Waals surface area contributed by atoms with Gasteiger partial charge in [-0.1, -0.05) is 158 Å². The number of hydrogen-bond acceptors (Lipinski definition) is 10. The minimum atomic E-state index is -4.75. The summed E-state index contributed by atoms with van der Waals surface area (Å²) in [6.07, 6.45) is 48.8. The van der Waals surface area contributed by atoms with Crippen LogP contribution in [0.2, 0.25) is 0 Å². The molecule has 12 heteroatoms. The van der Waals surface area contributed by atoms with Gasteiger partial charge in [0.05, 0.1) is 19.8 Å². The molecule has 11 nitrogen and oxygen atoms in total. The first-order valence-corrected chi connectivity index (χ1v) is 26.3. The summed E-state index contributed by atoms with van der Waals surface area (Å²) in [4.78, 5) is 48.2. The molecule has 0 fully saturated rings. The Bertz CT molecular complexity index is 1350. The first-order valence-electron chi connectivity index (χ1n) is 24.8. The summed E-state index contributed by atoms with van der Waals surface area (Å²) in [5, 5.41) is 9.75. The molecule has 64 heavy (non-hydrogen) atoms. The van der Waals surface area contributed by atoms with E-state index in [4.69, 9.17) is 23.3 Å². The van der Waals surface area contributed by atoms with E-state index in [2.05, 4.69) is 93.7 Å². The predicted molar refractivity (Wildman–Crippen MR) is 261 cm³/mol. The zero-order chi connectivity index (χ0) is 47.0. The molecule has 0 aromatic heterocycles. The SMILES string of the molecule is CC/C=C\C/C=C\C/C=C\CCCCCC(=O)OC(COC(=O)CCCCCCC/C=C\CCCC)COP(=O)(O)OCC(CO)OC(=O)CCCCCCC/C=C\C/C=C\CCC. The van der Waals surface area contributed by atoms with E-state index in [0.717, 1.165) is 128 Å². The number of rotatable bonds is 45. The Morgan fingerprint density at radius 3 is 1.34 bits per heavy atom. The van der Waals surface area contributed by atoms with E-state index in [-0.39, 0.29) is 25.9 Å². The Labute approximate surface area is 388 Å². The normalized spacial score (nSPS) is 14.1. The first kappa shape index (κ1) is 60.9. The summed E-state index contributed by atoms with van der Waals surface area (Å²) in [6, 6.07) is 0. The van der Waals surface area contributed by atoms with Crippen molar-refractivity contribution in [1.82, 2.24) is 0 Å². The zero-order valence-corrected chi connectivity index (χ0v) is 41.1. The van der Waals surface area contributed by atoms with Crippen LogP contribution in [0.15, 0.2) is 72.9 Å². The van der Waals surface area contributed by atoms with Gasteiger partial charge in [0, 0.05) is 19.3 Å². The van der Waals surface area contributed by atoms with Crippen LogP contribution in [0.3, 0.4) is 0 Å². The summed E-state index contributed by atoms with van der Waals surface area (Å²) in [5.41, 5.74) is 0. The second kappa shape index (κ2) is 46.4. The fourth-order valence-corrected chi connectivity index (χ4v) is 7.05. The lowest BCUT2D eigenvalue weighted by molar-refractivity contribution is -0.161. The van der Waals surface area contributed by atoms with Gasteiger partial charge in [0.15, 0.2) is 6.10 Å². The second-order valence-corrected chi connectivity index (χ2v) is 17.7. The number of aliphatic hydroxyl groups excluding tert-OH is 1. The standard InChI is InChI=1S/C52H89O11P/c1-4-7-10-13-16-19-22-24-27-30-33-36-39-42-51(55)62-48(44-53)46-60-64(57,58)61-47-49(45-59-50(54)41-38-35-32-29-26-21-18-15-12-9-6-3)63-52(56)43-40-37-34-31-28-25-23-20-17-14-11-8-5-2/h8,10-11,13,15,17-20,22,25,28,48-49,53H,4-7,9,12,14,16,21,23-24,26-27,29-47H2,1-3H3,(H,57,58)/b11-8-,13-10-,18-15-,20-17-,22-19-,28-25-. The van der Waals surface area contributed by atoms with E-state index in [0.29, 0.717) is 19.3 Å². The van der Waals surface area contributed by atoms with Crippen LogP contribution in [0.5, 0.6) is 0 Å². The highest BCUT2D eigenvalue weighted by Crippen LogP contribution is 2.43. The molecule has 0 spiro atoms. The molecule has 0 radical (unpaired) electrons. The minimum absolute atomic E-state index is 0.128. The van der Waals surface area contributed by atoms with Crippen molar-refractivity contribution < 1.29 is 52.2 Å². The van der Waals surface area contributed by atoms with Crippen molar-refractivity contribution in [3.8, 4) is 0 Å². The number of phosphoric acid groups is 1. The van der Waals surface area contributed by atoms with Crippen molar-refractivity contribution in [2.75, 3.05) is 26.4 Å². The topological polar surface area (TPSA) is 155 Å². The number of ether oxygens (including phenoxy) is 3. The molecule has 3 atom stereocenters. The van der Waals surface area contributed by atoms with E-state index >= 15 is 0 Å². The Hall–Kier alpha value is -3.08. The highest BCUT2D eigenvalue weighted by atomic mass is 31.2. The third-order valence-corrected chi connectivity index (χ3v) is 11.0. The number of phosphoric ester groups is 1. The summed E-state index contributed by atoms with van der Waals surface area (Å²) >= 11 is 0. The summed E-state index contributed by atoms with van der Waals surface area (Å²) in [7, 11) is -4.75. The minimum Gasteiger partial charge on any atom is -0.462 e. The van der Waals surface area contributed by atoms with Crippen LogP contribution in [-0.4, -0.2) is 66.5 Å². The first-order chi connectivity index (χ1) is 31.2. The monoisotopic (exact) mass is 921 g/mol. The quantitative estimate of drug-likeness (QED) is 0.0197. The largest absolute Gasteiger partial charge is 0.472 e. The van der Waals surface area contributed by atoms with Crippen LogP contribution in [0.25, 0.3) is 0 Å². The zero-order valence-electron chi connectivity index (χ0n) is 40.2. The number of carbonyl (C=O) groups is 3. The highest BCUT2D eigenvalue weighted by molar-refractivity contribution is 7.47. The van der Waals surface area contributed by atoms with Crippen LogP contribution in [0.1, 0.15) is 201 Å². The number of allylic oxidation sites excluding steroid dienone is 12. The molecule has 0 rings (SSSR count). The third-order valence-electron chi connectivity index (χ3n) is 10.1. The van der Waals surface area contributed by atoms with Crippen LogP contribution < -0.4 is 0 Å². The van der Waals surface area contributed by atoms with Gasteiger partial charge >= 0.3 is 25.7 Å². The highest BCUT2D eigenvalue weighted by Gasteiger charge is 2.28. The predicted octanol–water partition coefficient (Wildman–Crippen LogP) is 13.8. The molecule has 0 amide bonds. The smallest absolute Gasteiger partial charge is 0.462 e. The average Bonchev–Trinajstić information content (AvgIpc) is 3.28. The summed E-state index contributed by atoms with van der Waals surface area (Å²) < 4.78 is 39.2. The lowest BCUT2D eigenvalue weighted by Crippen LogP contribution is -2.30. The molecule has 0 aliphatic heterocycles. The Balaban J connectivity index is 4.80. The summed E-state index contributed by atoms with van der Waals surface area (Å²) in [5.74, 6) is -1.53. The molecule has 0 aromatic carbocycles. The molecular weight excluding hydrogens is 832 g/mol. The maximum absolute atomic E-state index is 12.8. The number of aliphatic hydroxyl groups is 1. The molecule has 0 aromatic rings. The maximum atomic E-state index is 12.8. The van der Waals surface area contributed by atoms with Gasteiger partial charge in [0.1, 0.15) is 12.7 Å². The number of esters is 3. The second-order valence-electron chi connectivity index (χ2n) is 16.2. The van der Waals surface area contributed by atoms with Crippen molar-refractivity contribution in [3.63, 3.8) is 0 Å². The van der Waals surface area contributed by atoms with Gasteiger partial charge in [0.2, 0.25) is 0 Å². The Kier molecular flexibility index (Phi) is 44.2. The molecule has 0 saturated carbocycles. The van der Waals surface area contributed by atoms with Gasteiger partial charge in [-0.2, -0.15) is 0 Å².